The first-order valence-electron chi connectivity index (χ1n) is 10.1. The number of anilines is 2. The number of carbonyl (C=O) groups is 1. The Balaban J connectivity index is 1.71. The highest BCUT2D eigenvalue weighted by Crippen LogP contribution is 2.32. The van der Waals surface area contributed by atoms with Gasteiger partial charge in [0.1, 0.15) is 17.2 Å². The highest BCUT2D eigenvalue weighted by molar-refractivity contribution is 5.92. The first kappa shape index (κ1) is 22.5. The van der Waals surface area contributed by atoms with E-state index in [-0.39, 0.29) is 11.9 Å². The summed E-state index contributed by atoms with van der Waals surface area (Å²) in [6.07, 6.45) is -0.772. The third-order valence-electron chi connectivity index (χ3n) is 5.29. The second-order valence-electron chi connectivity index (χ2n) is 7.39. The van der Waals surface area contributed by atoms with Crippen LogP contribution in [-0.4, -0.2) is 68.5 Å². The SMILES string of the molecule is COc1cc(OC)cc(N2CCN(C(=O)Nc3c(C(C)O)cc(C)nc3OC)CC2)c1. The molecule has 0 spiro atoms. The van der Waals surface area contributed by atoms with Crippen LogP contribution in [0.2, 0.25) is 0 Å². The molecule has 1 aliphatic heterocycles. The number of carbonyl (C=O) groups excluding carboxylic acids is 1. The fraction of sp³-hybridized carbons (Fsp3) is 0.455. The number of pyridine rings is 1. The maximum atomic E-state index is 12.9. The van der Waals surface area contributed by atoms with E-state index in [4.69, 9.17) is 14.2 Å². The van der Waals surface area contributed by atoms with Crippen LogP contribution in [0, 0.1) is 6.92 Å². The number of hydrogen-bond donors (Lipinski definition) is 2. The Hall–Kier alpha value is -3.20. The van der Waals surface area contributed by atoms with Crippen LogP contribution in [0.1, 0.15) is 24.3 Å². The summed E-state index contributed by atoms with van der Waals surface area (Å²) in [5, 5.41) is 13.0. The van der Waals surface area contributed by atoms with Gasteiger partial charge in [-0.15, -0.1) is 0 Å². The maximum Gasteiger partial charge on any atom is 0.322 e. The predicted molar refractivity (Wildman–Crippen MR) is 119 cm³/mol. The van der Waals surface area contributed by atoms with E-state index in [1.165, 1.54) is 7.11 Å². The molecule has 2 aromatic rings. The quantitative estimate of drug-likeness (QED) is 0.727. The molecule has 9 nitrogen and oxygen atoms in total. The summed E-state index contributed by atoms with van der Waals surface area (Å²) in [5.41, 5.74) is 2.65. The summed E-state index contributed by atoms with van der Waals surface area (Å²) < 4.78 is 16.0. The van der Waals surface area contributed by atoms with Crippen molar-refractivity contribution in [3.63, 3.8) is 0 Å². The minimum absolute atomic E-state index is 0.256. The standard InChI is InChI=1S/C22H30N4O5/c1-14-10-19(15(2)27)20(21(23-14)31-5)24-22(28)26-8-6-25(7-9-26)16-11-17(29-3)13-18(12-16)30-4/h10-13,15,27H,6-9H2,1-5H3,(H,24,28). The number of aryl methyl sites for hydroxylation is 1. The molecule has 0 aliphatic carbocycles. The maximum absolute atomic E-state index is 12.9. The van der Waals surface area contributed by atoms with Crippen molar-refractivity contribution in [1.82, 2.24) is 9.88 Å². The van der Waals surface area contributed by atoms with Gasteiger partial charge in [0.2, 0.25) is 5.88 Å². The van der Waals surface area contributed by atoms with Gasteiger partial charge in [0, 0.05) is 61.3 Å². The molecule has 0 radical (unpaired) electrons. The number of nitrogens with zero attached hydrogens (tertiary/aromatic N) is 3. The molecule has 1 saturated heterocycles. The van der Waals surface area contributed by atoms with Crippen LogP contribution >= 0.6 is 0 Å². The topological polar surface area (TPSA) is 96.4 Å². The van der Waals surface area contributed by atoms with E-state index >= 15 is 0 Å². The molecule has 31 heavy (non-hydrogen) atoms. The molecule has 2 heterocycles. The number of amides is 2. The number of aliphatic hydroxyl groups is 1. The summed E-state index contributed by atoms with van der Waals surface area (Å²) in [6, 6.07) is 7.23. The first-order chi connectivity index (χ1) is 14.9. The van der Waals surface area contributed by atoms with E-state index in [9.17, 15) is 9.90 Å². The summed E-state index contributed by atoms with van der Waals surface area (Å²) in [4.78, 5) is 21.2. The van der Waals surface area contributed by atoms with E-state index in [2.05, 4.69) is 15.2 Å². The van der Waals surface area contributed by atoms with Gasteiger partial charge in [-0.05, 0) is 19.9 Å². The van der Waals surface area contributed by atoms with Crippen LogP contribution in [0.15, 0.2) is 24.3 Å². The summed E-state index contributed by atoms with van der Waals surface area (Å²) >= 11 is 0. The molecule has 1 aliphatic rings. The van der Waals surface area contributed by atoms with E-state index in [1.807, 2.05) is 25.1 Å². The van der Waals surface area contributed by atoms with Crippen LogP contribution in [0.3, 0.4) is 0 Å². The number of ether oxygens (including phenoxy) is 3. The van der Waals surface area contributed by atoms with Crippen LogP contribution in [0.25, 0.3) is 0 Å². The van der Waals surface area contributed by atoms with E-state index in [1.54, 1.807) is 32.1 Å². The van der Waals surface area contributed by atoms with Gasteiger partial charge in [0.05, 0.1) is 27.4 Å². The number of benzene rings is 1. The molecule has 1 unspecified atom stereocenters. The molecule has 3 rings (SSSR count). The highest BCUT2D eigenvalue weighted by atomic mass is 16.5. The van der Waals surface area contributed by atoms with Gasteiger partial charge in [-0.2, -0.15) is 0 Å². The number of nitrogens with one attached hydrogen (secondary N) is 1. The molecule has 0 bridgehead atoms. The van der Waals surface area contributed by atoms with Crippen LogP contribution in [-0.2, 0) is 0 Å². The van der Waals surface area contributed by atoms with Crippen LogP contribution in [0.5, 0.6) is 17.4 Å². The number of hydrogen-bond acceptors (Lipinski definition) is 7. The van der Waals surface area contributed by atoms with Crippen molar-refractivity contribution >= 4 is 17.4 Å². The number of methoxy groups -OCH3 is 3. The lowest BCUT2D eigenvalue weighted by molar-refractivity contribution is 0.198. The smallest absolute Gasteiger partial charge is 0.322 e. The normalized spacial score (nSPS) is 14.8. The zero-order valence-electron chi connectivity index (χ0n) is 18.6. The van der Waals surface area contributed by atoms with Gasteiger partial charge in [0.15, 0.2) is 0 Å². The molecule has 168 valence electrons. The Bertz CT molecular complexity index is 904. The van der Waals surface area contributed by atoms with Crippen molar-refractivity contribution < 1.29 is 24.1 Å². The molecular formula is C22H30N4O5. The Kier molecular flexibility index (Phi) is 7.06. The lowest BCUT2D eigenvalue weighted by Gasteiger charge is -2.36. The van der Waals surface area contributed by atoms with Gasteiger partial charge in [-0.3, -0.25) is 0 Å². The Morgan fingerprint density at radius 1 is 1.03 bits per heavy atom. The Labute approximate surface area is 182 Å². The van der Waals surface area contributed by atoms with E-state index in [0.29, 0.717) is 43.1 Å². The third-order valence-corrected chi connectivity index (χ3v) is 5.29. The van der Waals surface area contributed by atoms with Gasteiger partial charge < -0.3 is 34.4 Å². The van der Waals surface area contributed by atoms with E-state index in [0.717, 1.165) is 17.2 Å². The molecule has 1 fully saturated rings. The molecular weight excluding hydrogens is 400 g/mol. The predicted octanol–water partition coefficient (Wildman–Crippen LogP) is 2.82. The van der Waals surface area contributed by atoms with Crippen molar-refractivity contribution in [2.24, 2.45) is 0 Å². The number of urea groups is 1. The summed E-state index contributed by atoms with van der Waals surface area (Å²) in [7, 11) is 4.73. The first-order valence-corrected chi connectivity index (χ1v) is 10.1. The minimum atomic E-state index is -0.772. The Morgan fingerprint density at radius 3 is 2.16 bits per heavy atom. The highest BCUT2D eigenvalue weighted by Gasteiger charge is 2.25. The van der Waals surface area contributed by atoms with Gasteiger partial charge in [-0.1, -0.05) is 0 Å². The molecule has 2 amide bonds. The fourth-order valence-electron chi connectivity index (χ4n) is 3.60. The van der Waals surface area contributed by atoms with Crippen molar-refractivity contribution in [2.45, 2.75) is 20.0 Å². The van der Waals surface area contributed by atoms with Crippen molar-refractivity contribution in [3.05, 3.63) is 35.5 Å². The molecule has 9 heteroatoms. The molecule has 2 N–H and O–H groups in total. The Morgan fingerprint density at radius 2 is 1.65 bits per heavy atom. The zero-order chi connectivity index (χ0) is 22.5. The molecule has 1 aromatic heterocycles. The van der Waals surface area contributed by atoms with Gasteiger partial charge >= 0.3 is 6.03 Å². The largest absolute Gasteiger partial charge is 0.497 e. The average Bonchev–Trinajstić information content (AvgIpc) is 2.79. The lowest BCUT2D eigenvalue weighted by Crippen LogP contribution is -2.50. The second-order valence-corrected chi connectivity index (χ2v) is 7.39. The monoisotopic (exact) mass is 430 g/mol. The van der Waals surface area contributed by atoms with Crippen molar-refractivity contribution in [1.29, 1.82) is 0 Å². The molecule has 1 aromatic carbocycles. The number of rotatable bonds is 6. The van der Waals surface area contributed by atoms with Crippen LogP contribution in [0.4, 0.5) is 16.2 Å². The zero-order valence-corrected chi connectivity index (χ0v) is 18.6. The number of piperazine rings is 1. The fourth-order valence-corrected chi connectivity index (χ4v) is 3.60. The van der Waals surface area contributed by atoms with Crippen LogP contribution < -0.4 is 24.4 Å². The number of aliphatic hydroxyl groups excluding tert-OH is 1. The average molecular weight is 431 g/mol. The lowest BCUT2D eigenvalue weighted by atomic mass is 10.1. The molecule has 0 saturated carbocycles. The van der Waals surface area contributed by atoms with Crippen molar-refractivity contribution in [2.75, 3.05) is 57.7 Å². The van der Waals surface area contributed by atoms with E-state index < -0.39 is 6.10 Å². The summed E-state index contributed by atoms with van der Waals surface area (Å²) in [5.74, 6) is 1.73. The second kappa shape index (κ2) is 9.74. The number of aromatic nitrogens is 1. The van der Waals surface area contributed by atoms with Crippen molar-refractivity contribution in [3.8, 4) is 17.4 Å². The summed E-state index contributed by atoms with van der Waals surface area (Å²) in [6.45, 7) is 5.86. The molecule has 1 atom stereocenters. The van der Waals surface area contributed by atoms with Gasteiger partial charge in [-0.25, -0.2) is 9.78 Å². The minimum Gasteiger partial charge on any atom is -0.497 e. The third kappa shape index (κ3) is 5.11. The van der Waals surface area contributed by atoms with Gasteiger partial charge in [0.25, 0.3) is 0 Å².